The van der Waals surface area contributed by atoms with Crippen molar-refractivity contribution in [3.8, 4) is 11.5 Å². The lowest BCUT2D eigenvalue weighted by molar-refractivity contribution is 0.0522. The SMILES string of the molecule is CC(C)(C)OC(=O)NCc1ccccc1Oc1cccc(C(=O)O)c1. The van der Waals surface area contributed by atoms with Gasteiger partial charge in [-0.15, -0.1) is 0 Å². The third-order valence-corrected chi connectivity index (χ3v) is 3.10. The Morgan fingerprint density at radius 3 is 2.48 bits per heavy atom. The minimum atomic E-state index is -1.02. The van der Waals surface area contributed by atoms with Gasteiger partial charge in [-0.2, -0.15) is 0 Å². The second-order valence-electron chi connectivity index (χ2n) is 6.40. The van der Waals surface area contributed by atoms with Crippen LogP contribution in [0.2, 0.25) is 0 Å². The van der Waals surface area contributed by atoms with Crippen LogP contribution in [0.5, 0.6) is 11.5 Å². The monoisotopic (exact) mass is 343 g/mol. The van der Waals surface area contributed by atoms with Crippen LogP contribution in [0.3, 0.4) is 0 Å². The number of aromatic carboxylic acids is 1. The maximum absolute atomic E-state index is 11.8. The Kier molecular flexibility index (Phi) is 5.64. The van der Waals surface area contributed by atoms with Crippen LogP contribution < -0.4 is 10.1 Å². The van der Waals surface area contributed by atoms with Crippen molar-refractivity contribution in [2.45, 2.75) is 32.9 Å². The lowest BCUT2D eigenvalue weighted by Crippen LogP contribution is -2.32. The number of carbonyl (C=O) groups is 2. The highest BCUT2D eigenvalue weighted by Crippen LogP contribution is 2.26. The van der Waals surface area contributed by atoms with Gasteiger partial charge in [0.1, 0.15) is 17.1 Å². The molecule has 6 nitrogen and oxygen atoms in total. The van der Waals surface area contributed by atoms with Crippen molar-refractivity contribution >= 4 is 12.1 Å². The van der Waals surface area contributed by atoms with E-state index in [0.717, 1.165) is 5.56 Å². The second-order valence-corrected chi connectivity index (χ2v) is 6.40. The molecule has 0 aliphatic heterocycles. The highest BCUT2D eigenvalue weighted by Gasteiger charge is 2.16. The number of alkyl carbamates (subject to hydrolysis) is 1. The lowest BCUT2D eigenvalue weighted by Gasteiger charge is -2.20. The molecule has 0 spiro atoms. The molecule has 25 heavy (non-hydrogen) atoms. The third-order valence-electron chi connectivity index (χ3n) is 3.10. The fourth-order valence-corrected chi connectivity index (χ4v) is 2.05. The Hall–Kier alpha value is -3.02. The summed E-state index contributed by atoms with van der Waals surface area (Å²) >= 11 is 0. The first kappa shape index (κ1) is 18.3. The van der Waals surface area contributed by atoms with E-state index in [-0.39, 0.29) is 12.1 Å². The van der Waals surface area contributed by atoms with Crippen molar-refractivity contribution in [1.82, 2.24) is 5.32 Å². The minimum absolute atomic E-state index is 0.141. The Labute approximate surface area is 146 Å². The number of ether oxygens (including phenoxy) is 2. The van der Waals surface area contributed by atoms with E-state index >= 15 is 0 Å². The summed E-state index contributed by atoms with van der Waals surface area (Å²) < 4.78 is 11.0. The van der Waals surface area contributed by atoms with Crippen LogP contribution in [0.25, 0.3) is 0 Å². The largest absolute Gasteiger partial charge is 0.478 e. The van der Waals surface area contributed by atoms with Crippen LogP contribution in [-0.4, -0.2) is 22.8 Å². The third kappa shape index (κ3) is 5.84. The highest BCUT2D eigenvalue weighted by atomic mass is 16.6. The number of hydrogen-bond acceptors (Lipinski definition) is 4. The van der Waals surface area contributed by atoms with Crippen LogP contribution in [0.15, 0.2) is 48.5 Å². The summed E-state index contributed by atoms with van der Waals surface area (Å²) in [6.45, 7) is 5.60. The van der Waals surface area contributed by atoms with E-state index in [1.807, 2.05) is 12.1 Å². The van der Waals surface area contributed by atoms with E-state index in [2.05, 4.69) is 5.32 Å². The summed E-state index contributed by atoms with van der Waals surface area (Å²) in [5.74, 6) is -0.0870. The second kappa shape index (κ2) is 7.70. The van der Waals surface area contributed by atoms with Gasteiger partial charge in [0.05, 0.1) is 5.56 Å². The number of amides is 1. The van der Waals surface area contributed by atoms with Gasteiger partial charge < -0.3 is 19.9 Å². The molecule has 2 N–H and O–H groups in total. The van der Waals surface area contributed by atoms with Gasteiger partial charge in [-0.1, -0.05) is 24.3 Å². The van der Waals surface area contributed by atoms with Crippen LogP contribution in [0, 0.1) is 0 Å². The Balaban J connectivity index is 2.09. The average Bonchev–Trinajstić information content (AvgIpc) is 2.52. The van der Waals surface area contributed by atoms with Crippen molar-refractivity contribution in [2.24, 2.45) is 0 Å². The summed E-state index contributed by atoms with van der Waals surface area (Å²) in [4.78, 5) is 22.8. The smallest absolute Gasteiger partial charge is 0.407 e. The van der Waals surface area contributed by atoms with Gasteiger partial charge in [0.15, 0.2) is 0 Å². The summed E-state index contributed by atoms with van der Waals surface area (Å²) in [6.07, 6.45) is -0.518. The molecule has 0 atom stereocenters. The summed E-state index contributed by atoms with van der Waals surface area (Å²) in [5, 5.41) is 11.7. The number of hydrogen-bond donors (Lipinski definition) is 2. The Bertz CT molecular complexity index is 764. The van der Waals surface area contributed by atoms with Crippen LogP contribution in [0.1, 0.15) is 36.7 Å². The normalized spacial score (nSPS) is 10.8. The molecule has 0 aromatic heterocycles. The van der Waals surface area contributed by atoms with Gasteiger partial charge in [0.25, 0.3) is 0 Å². The van der Waals surface area contributed by atoms with Gasteiger partial charge in [-0.25, -0.2) is 9.59 Å². The van der Waals surface area contributed by atoms with E-state index < -0.39 is 17.7 Å². The molecule has 6 heteroatoms. The first-order valence-electron chi connectivity index (χ1n) is 7.80. The summed E-state index contributed by atoms with van der Waals surface area (Å²) in [5.41, 5.74) is 0.313. The molecule has 0 saturated heterocycles. The number of benzene rings is 2. The molecule has 132 valence electrons. The maximum Gasteiger partial charge on any atom is 0.407 e. The molecule has 0 unspecified atom stereocenters. The molecule has 0 bridgehead atoms. The molecule has 2 rings (SSSR count). The van der Waals surface area contributed by atoms with Gasteiger partial charge in [0.2, 0.25) is 0 Å². The average molecular weight is 343 g/mol. The van der Waals surface area contributed by atoms with E-state index in [1.54, 1.807) is 45.0 Å². The van der Waals surface area contributed by atoms with Gasteiger partial charge in [-0.3, -0.25) is 0 Å². The number of nitrogens with one attached hydrogen (secondary N) is 1. The van der Waals surface area contributed by atoms with E-state index in [4.69, 9.17) is 14.6 Å². The quantitative estimate of drug-likeness (QED) is 0.850. The topological polar surface area (TPSA) is 84.9 Å². The maximum atomic E-state index is 11.8. The van der Waals surface area contributed by atoms with Crippen LogP contribution >= 0.6 is 0 Å². The molecule has 0 fully saturated rings. The van der Waals surface area contributed by atoms with Crippen LogP contribution in [-0.2, 0) is 11.3 Å². The zero-order valence-corrected chi connectivity index (χ0v) is 14.4. The van der Waals surface area contributed by atoms with Crippen molar-refractivity contribution in [3.63, 3.8) is 0 Å². The molecule has 0 radical (unpaired) electrons. The van der Waals surface area contributed by atoms with Crippen LogP contribution in [0.4, 0.5) is 4.79 Å². The van der Waals surface area contributed by atoms with Gasteiger partial charge in [0, 0.05) is 12.1 Å². The predicted molar refractivity (Wildman–Crippen MR) is 93.0 cm³/mol. The molecule has 0 aliphatic carbocycles. The number of rotatable bonds is 5. The highest BCUT2D eigenvalue weighted by molar-refractivity contribution is 5.88. The molecule has 0 aliphatic rings. The number of carbonyl (C=O) groups excluding carboxylic acids is 1. The fraction of sp³-hybridized carbons (Fsp3) is 0.263. The van der Waals surface area contributed by atoms with Crippen molar-refractivity contribution in [3.05, 3.63) is 59.7 Å². The molecule has 0 heterocycles. The molecule has 2 aromatic carbocycles. The molecule has 0 saturated carbocycles. The number of carboxylic acid groups (broad SMARTS) is 1. The fourth-order valence-electron chi connectivity index (χ4n) is 2.05. The number of para-hydroxylation sites is 1. The zero-order valence-electron chi connectivity index (χ0n) is 14.4. The van der Waals surface area contributed by atoms with Gasteiger partial charge in [-0.05, 0) is 45.0 Å². The van der Waals surface area contributed by atoms with Crippen molar-refractivity contribution < 1.29 is 24.2 Å². The predicted octanol–water partition coefficient (Wildman–Crippen LogP) is 4.20. The summed E-state index contributed by atoms with van der Waals surface area (Å²) in [7, 11) is 0. The molecule has 1 amide bonds. The minimum Gasteiger partial charge on any atom is -0.478 e. The van der Waals surface area contributed by atoms with E-state index in [1.165, 1.54) is 12.1 Å². The first-order valence-corrected chi connectivity index (χ1v) is 7.80. The molecular formula is C19H21NO5. The van der Waals surface area contributed by atoms with Crippen molar-refractivity contribution in [2.75, 3.05) is 0 Å². The molecular weight excluding hydrogens is 322 g/mol. The number of carboxylic acids is 1. The zero-order chi connectivity index (χ0) is 18.4. The van der Waals surface area contributed by atoms with Crippen molar-refractivity contribution in [1.29, 1.82) is 0 Å². The molecule has 2 aromatic rings. The Morgan fingerprint density at radius 1 is 1.08 bits per heavy atom. The standard InChI is InChI=1S/C19H21NO5/c1-19(2,3)25-18(23)20-12-14-7-4-5-10-16(14)24-15-9-6-8-13(11-15)17(21)22/h4-11H,12H2,1-3H3,(H,20,23)(H,21,22). The van der Waals surface area contributed by atoms with E-state index in [0.29, 0.717) is 11.5 Å². The first-order chi connectivity index (χ1) is 11.7. The van der Waals surface area contributed by atoms with E-state index in [9.17, 15) is 9.59 Å². The van der Waals surface area contributed by atoms with Gasteiger partial charge >= 0.3 is 12.1 Å². The lowest BCUT2D eigenvalue weighted by atomic mass is 10.2. The Morgan fingerprint density at radius 2 is 1.80 bits per heavy atom. The summed E-state index contributed by atoms with van der Waals surface area (Å²) in [6, 6.07) is 13.4.